The molecule has 0 saturated carbocycles. The molecule has 0 fully saturated rings. The van der Waals surface area contributed by atoms with Gasteiger partial charge in [-0.25, -0.2) is 8.93 Å². The predicted molar refractivity (Wildman–Crippen MR) is 98.9 cm³/mol. The van der Waals surface area contributed by atoms with Crippen molar-refractivity contribution in [1.82, 2.24) is 4.72 Å². The quantitative estimate of drug-likeness (QED) is 0.401. The molecular weight excluding hydrogens is 367 g/mol. The van der Waals surface area contributed by atoms with Crippen LogP contribution in [-0.2, 0) is 20.5 Å². The van der Waals surface area contributed by atoms with Crippen LogP contribution in [0.15, 0.2) is 0 Å². The summed E-state index contributed by atoms with van der Waals surface area (Å²) >= 11 is 0. The molecule has 0 unspecified atom stereocenters. The van der Waals surface area contributed by atoms with E-state index in [0.29, 0.717) is 6.42 Å². The fourth-order valence-corrected chi connectivity index (χ4v) is 3.12. The van der Waals surface area contributed by atoms with E-state index in [1.807, 2.05) is 20.8 Å². The molecule has 0 aliphatic heterocycles. The number of ether oxygens (including phenoxy) is 1. The number of hydrogen-bond donors (Lipinski definition) is 1. The minimum Gasteiger partial charge on any atom is -0.465 e. The van der Waals surface area contributed by atoms with E-state index in [4.69, 9.17) is 4.74 Å². The first-order chi connectivity index (χ1) is 11.8. The highest BCUT2D eigenvalue weighted by molar-refractivity contribution is 7.84. The molecule has 1 N–H and O–H groups in total. The summed E-state index contributed by atoms with van der Waals surface area (Å²) in [5, 5.41) is 0. The van der Waals surface area contributed by atoms with E-state index in [1.165, 1.54) is 0 Å². The number of unbranched alkanes of at least 4 members (excludes halogenated alkanes) is 3. The van der Waals surface area contributed by atoms with Crippen LogP contribution in [0.5, 0.6) is 0 Å². The van der Waals surface area contributed by atoms with Crippen molar-refractivity contribution in [1.29, 1.82) is 0 Å². The lowest BCUT2D eigenvalue weighted by molar-refractivity contribution is -0.180. The average molecular weight is 402 g/mol. The Morgan fingerprint density at radius 1 is 1.12 bits per heavy atom. The molecule has 0 saturated heterocycles. The summed E-state index contributed by atoms with van der Waals surface area (Å²) in [5.74, 6) is -2.26. The third kappa shape index (κ3) is 9.90. The second kappa shape index (κ2) is 11.3. The summed E-state index contributed by atoms with van der Waals surface area (Å²) in [6.07, 6.45) is -1.57. The van der Waals surface area contributed by atoms with Crippen LogP contribution >= 0.6 is 0 Å². The van der Waals surface area contributed by atoms with Crippen molar-refractivity contribution in [2.24, 2.45) is 11.8 Å². The maximum absolute atomic E-state index is 13.6. The first-order valence-corrected chi connectivity index (χ1v) is 10.4. The fraction of sp³-hybridized carbons (Fsp3) is 0.944. The Morgan fingerprint density at radius 2 is 1.69 bits per heavy atom. The van der Waals surface area contributed by atoms with Crippen LogP contribution in [0.2, 0.25) is 0 Å². The van der Waals surface area contributed by atoms with E-state index in [9.17, 15) is 22.2 Å². The third-order valence-electron chi connectivity index (χ3n) is 3.78. The number of hydrogen-bond acceptors (Lipinski definition) is 3. The van der Waals surface area contributed by atoms with Crippen molar-refractivity contribution in [2.75, 3.05) is 6.61 Å². The number of carbonyl (C=O) groups is 1. The van der Waals surface area contributed by atoms with E-state index in [1.54, 1.807) is 20.8 Å². The third-order valence-corrected chi connectivity index (χ3v) is 5.36. The van der Waals surface area contributed by atoms with E-state index in [2.05, 4.69) is 4.72 Å². The molecule has 0 bridgehead atoms. The van der Waals surface area contributed by atoms with E-state index in [-0.39, 0.29) is 18.9 Å². The molecule has 0 spiro atoms. The van der Waals surface area contributed by atoms with Gasteiger partial charge in [0.05, 0.1) is 28.3 Å². The molecule has 0 amide bonds. The minimum atomic E-state index is -4.70. The number of nitrogens with one attached hydrogen (secondary N) is 1. The maximum Gasteiger partial charge on any atom is 0.405 e. The van der Waals surface area contributed by atoms with E-state index in [0.717, 1.165) is 19.3 Å². The van der Waals surface area contributed by atoms with Gasteiger partial charge in [-0.05, 0) is 33.1 Å². The van der Waals surface area contributed by atoms with Crippen molar-refractivity contribution in [2.45, 2.75) is 90.6 Å². The molecule has 4 nitrogen and oxygen atoms in total. The largest absolute Gasteiger partial charge is 0.465 e. The lowest BCUT2D eigenvalue weighted by Crippen LogP contribution is -2.53. The van der Waals surface area contributed by atoms with Crippen LogP contribution in [0.3, 0.4) is 0 Å². The Hall–Kier alpha value is -0.630. The zero-order chi connectivity index (χ0) is 20.5. The van der Waals surface area contributed by atoms with Crippen LogP contribution in [0.1, 0.15) is 73.6 Å². The van der Waals surface area contributed by atoms with Gasteiger partial charge in [0.25, 0.3) is 0 Å². The van der Waals surface area contributed by atoms with Crippen LogP contribution in [0.4, 0.5) is 13.2 Å². The van der Waals surface area contributed by atoms with Crippen molar-refractivity contribution in [3.63, 3.8) is 0 Å². The maximum atomic E-state index is 13.6. The Labute approximate surface area is 158 Å². The molecule has 0 radical (unpaired) electrons. The van der Waals surface area contributed by atoms with Crippen LogP contribution in [0.25, 0.3) is 0 Å². The summed E-state index contributed by atoms with van der Waals surface area (Å²) in [5.41, 5.74) is 0. The van der Waals surface area contributed by atoms with Gasteiger partial charge in [0.1, 0.15) is 6.04 Å². The van der Waals surface area contributed by atoms with E-state index < -0.39 is 39.8 Å². The van der Waals surface area contributed by atoms with Gasteiger partial charge in [-0.2, -0.15) is 13.2 Å². The SMILES string of the molecule is CCCCCC[C@H](C(=O)OCC(C)C)[C@H](N[S@@](=O)C(C)(C)C)C(F)(F)F. The molecule has 0 aliphatic carbocycles. The first-order valence-electron chi connectivity index (χ1n) is 9.22. The Morgan fingerprint density at radius 3 is 2.12 bits per heavy atom. The van der Waals surface area contributed by atoms with E-state index >= 15 is 0 Å². The zero-order valence-corrected chi connectivity index (χ0v) is 17.6. The second-order valence-electron chi connectivity index (χ2n) is 8.00. The molecule has 3 atom stereocenters. The number of alkyl halides is 3. The van der Waals surface area contributed by atoms with Crippen molar-refractivity contribution in [3.05, 3.63) is 0 Å². The Bertz CT molecular complexity index is 448. The Kier molecular flexibility index (Phi) is 11.0. The smallest absolute Gasteiger partial charge is 0.405 e. The highest BCUT2D eigenvalue weighted by Gasteiger charge is 2.49. The Balaban J connectivity index is 5.41. The molecule has 0 aliphatic rings. The number of esters is 1. The number of rotatable bonds is 11. The lowest BCUT2D eigenvalue weighted by Gasteiger charge is -2.31. The molecule has 8 heteroatoms. The monoisotopic (exact) mass is 401 g/mol. The highest BCUT2D eigenvalue weighted by Crippen LogP contribution is 2.31. The normalized spacial score (nSPS) is 16.4. The first kappa shape index (κ1) is 25.4. The van der Waals surface area contributed by atoms with Crippen molar-refractivity contribution < 1.29 is 26.9 Å². The zero-order valence-electron chi connectivity index (χ0n) is 16.7. The van der Waals surface area contributed by atoms with Crippen LogP contribution < -0.4 is 4.72 Å². The molecule has 26 heavy (non-hydrogen) atoms. The molecule has 156 valence electrons. The standard InChI is InChI=1S/C18H34F3NO3S/c1-7-8-9-10-11-14(16(23)25-12-13(2)3)15(18(19,20)21)22-26(24)17(4,5)6/h13-15,22H,7-12H2,1-6H3/t14-,15-,26-/m0/s1. The predicted octanol–water partition coefficient (Wildman–Crippen LogP) is 4.75. The summed E-state index contributed by atoms with van der Waals surface area (Å²) in [7, 11) is -1.95. The van der Waals surface area contributed by atoms with Crippen molar-refractivity contribution in [3.8, 4) is 0 Å². The van der Waals surface area contributed by atoms with Crippen molar-refractivity contribution >= 4 is 17.0 Å². The van der Waals surface area contributed by atoms with Crippen LogP contribution in [0, 0.1) is 11.8 Å². The van der Waals surface area contributed by atoms with Gasteiger partial charge in [0.15, 0.2) is 0 Å². The highest BCUT2D eigenvalue weighted by atomic mass is 32.2. The number of halogens is 3. The molecule has 0 heterocycles. The summed E-state index contributed by atoms with van der Waals surface area (Å²) in [6.45, 7) is 10.4. The minimum absolute atomic E-state index is 0.0284. The van der Waals surface area contributed by atoms with Gasteiger partial charge in [-0.1, -0.05) is 46.5 Å². The summed E-state index contributed by atoms with van der Waals surface area (Å²) in [4.78, 5) is 12.4. The molecule has 0 aromatic rings. The van der Waals surface area contributed by atoms with Gasteiger partial charge >= 0.3 is 12.1 Å². The van der Waals surface area contributed by atoms with Gasteiger partial charge in [-0.3, -0.25) is 4.79 Å². The second-order valence-corrected chi connectivity index (χ2v) is 10.00. The van der Waals surface area contributed by atoms with Gasteiger partial charge < -0.3 is 4.74 Å². The van der Waals surface area contributed by atoms with Gasteiger partial charge in [-0.15, -0.1) is 0 Å². The molecule has 0 aromatic carbocycles. The average Bonchev–Trinajstić information content (AvgIpc) is 2.48. The number of carbonyl (C=O) groups excluding carboxylic acids is 1. The topological polar surface area (TPSA) is 55.4 Å². The van der Waals surface area contributed by atoms with Gasteiger partial charge in [0.2, 0.25) is 0 Å². The summed E-state index contributed by atoms with van der Waals surface area (Å²) < 4.78 is 59.5. The molecule has 0 aromatic heterocycles. The van der Waals surface area contributed by atoms with Gasteiger partial charge in [0, 0.05) is 0 Å². The van der Waals surface area contributed by atoms with Crippen LogP contribution in [-0.4, -0.2) is 33.8 Å². The molecule has 0 rings (SSSR count). The fourth-order valence-electron chi connectivity index (χ4n) is 2.24. The summed E-state index contributed by atoms with van der Waals surface area (Å²) in [6, 6.07) is -2.19. The molecular formula is C18H34F3NO3S. The lowest BCUT2D eigenvalue weighted by atomic mass is 9.93.